The van der Waals surface area contributed by atoms with Crippen molar-refractivity contribution in [1.82, 2.24) is 5.43 Å². The Balaban J connectivity index is 2.11. The Morgan fingerprint density at radius 1 is 1.00 bits per heavy atom. The van der Waals surface area contributed by atoms with Crippen LogP contribution in [0, 0.1) is 11.6 Å². The molecule has 0 spiro atoms. The van der Waals surface area contributed by atoms with E-state index in [1.807, 2.05) is 0 Å². The van der Waals surface area contributed by atoms with Crippen LogP contribution in [0.15, 0.2) is 42.5 Å². The second-order valence-corrected chi connectivity index (χ2v) is 5.04. The van der Waals surface area contributed by atoms with Gasteiger partial charge >= 0.3 is 0 Å². The van der Waals surface area contributed by atoms with E-state index in [1.54, 1.807) is 30.3 Å². The second-order valence-electron chi connectivity index (χ2n) is 4.60. The molecule has 0 fully saturated rings. The van der Waals surface area contributed by atoms with E-state index in [4.69, 9.17) is 17.4 Å². The third kappa shape index (κ3) is 3.76. The van der Waals surface area contributed by atoms with Crippen molar-refractivity contribution in [3.05, 3.63) is 70.2 Å². The zero-order valence-corrected chi connectivity index (χ0v) is 11.5. The standard InChI is InChI=1S/C15H15ClF2N2/c16-12-6-5-11(15(18)9-12)8-13(20-19)7-10-3-1-2-4-14(10)17/h1-6,9,13,20H,7-8,19H2. The lowest BCUT2D eigenvalue weighted by Crippen LogP contribution is -2.38. The van der Waals surface area contributed by atoms with Gasteiger partial charge in [0.15, 0.2) is 0 Å². The van der Waals surface area contributed by atoms with Crippen LogP contribution in [0.2, 0.25) is 5.02 Å². The van der Waals surface area contributed by atoms with Gasteiger partial charge in [0.05, 0.1) is 0 Å². The number of rotatable bonds is 5. The van der Waals surface area contributed by atoms with Crippen molar-refractivity contribution in [2.75, 3.05) is 0 Å². The van der Waals surface area contributed by atoms with Crippen LogP contribution in [0.5, 0.6) is 0 Å². The molecule has 0 saturated heterocycles. The molecule has 0 aliphatic carbocycles. The van der Waals surface area contributed by atoms with E-state index >= 15 is 0 Å². The van der Waals surface area contributed by atoms with Gasteiger partial charge in [0.2, 0.25) is 0 Å². The van der Waals surface area contributed by atoms with Crippen molar-refractivity contribution in [1.29, 1.82) is 0 Å². The molecule has 2 nitrogen and oxygen atoms in total. The summed E-state index contributed by atoms with van der Waals surface area (Å²) < 4.78 is 27.3. The first-order valence-electron chi connectivity index (χ1n) is 6.23. The second kappa shape index (κ2) is 6.79. The largest absolute Gasteiger partial charge is 0.271 e. The van der Waals surface area contributed by atoms with Crippen LogP contribution >= 0.6 is 11.6 Å². The summed E-state index contributed by atoms with van der Waals surface area (Å²) in [6.45, 7) is 0. The predicted octanol–water partition coefficient (Wildman–Crippen LogP) is 3.24. The fourth-order valence-corrected chi connectivity index (χ4v) is 2.23. The van der Waals surface area contributed by atoms with Crippen molar-refractivity contribution in [3.8, 4) is 0 Å². The smallest absolute Gasteiger partial charge is 0.127 e. The number of nitrogens with two attached hydrogens (primary N) is 1. The topological polar surface area (TPSA) is 38.0 Å². The van der Waals surface area contributed by atoms with Crippen LogP contribution < -0.4 is 11.3 Å². The molecule has 2 rings (SSSR count). The normalized spacial score (nSPS) is 12.4. The summed E-state index contributed by atoms with van der Waals surface area (Å²) in [5, 5.41) is 0.345. The highest BCUT2D eigenvalue weighted by Gasteiger charge is 2.14. The molecule has 0 bridgehead atoms. The molecule has 1 atom stereocenters. The molecule has 0 heterocycles. The van der Waals surface area contributed by atoms with E-state index in [0.717, 1.165) is 0 Å². The van der Waals surface area contributed by atoms with E-state index < -0.39 is 0 Å². The van der Waals surface area contributed by atoms with Crippen molar-refractivity contribution in [3.63, 3.8) is 0 Å². The average Bonchev–Trinajstić information content (AvgIpc) is 2.43. The number of halogens is 3. The Morgan fingerprint density at radius 3 is 2.25 bits per heavy atom. The molecule has 0 radical (unpaired) electrons. The number of nitrogens with one attached hydrogen (secondary N) is 1. The summed E-state index contributed by atoms with van der Waals surface area (Å²) in [6.07, 6.45) is 0.735. The summed E-state index contributed by atoms with van der Waals surface area (Å²) in [5.41, 5.74) is 3.64. The van der Waals surface area contributed by atoms with Crippen LogP contribution in [0.4, 0.5) is 8.78 Å². The molecule has 106 valence electrons. The van der Waals surface area contributed by atoms with Gasteiger partial charge in [0, 0.05) is 11.1 Å². The summed E-state index contributed by atoms with van der Waals surface area (Å²) in [5.74, 6) is 4.81. The molecule has 0 aliphatic rings. The van der Waals surface area contributed by atoms with Gasteiger partial charge in [0.25, 0.3) is 0 Å². The van der Waals surface area contributed by atoms with Gasteiger partial charge in [-0.2, -0.15) is 0 Å². The van der Waals surface area contributed by atoms with Crippen molar-refractivity contribution >= 4 is 11.6 Å². The first-order chi connectivity index (χ1) is 9.60. The SMILES string of the molecule is NNC(Cc1ccccc1F)Cc1ccc(Cl)cc1F. The zero-order chi connectivity index (χ0) is 14.5. The molecule has 0 aromatic heterocycles. The van der Waals surface area contributed by atoms with Gasteiger partial charge in [0.1, 0.15) is 11.6 Å². The highest BCUT2D eigenvalue weighted by Crippen LogP contribution is 2.17. The van der Waals surface area contributed by atoms with Gasteiger partial charge in [-0.15, -0.1) is 0 Å². The van der Waals surface area contributed by atoms with Gasteiger partial charge in [-0.1, -0.05) is 35.9 Å². The summed E-state index contributed by atoms with van der Waals surface area (Å²) in [6, 6.07) is 10.7. The lowest BCUT2D eigenvalue weighted by molar-refractivity contribution is 0.494. The molecule has 0 saturated carbocycles. The maximum absolute atomic E-state index is 13.7. The quantitative estimate of drug-likeness (QED) is 0.657. The minimum absolute atomic E-state index is 0.262. The molecular weight excluding hydrogens is 282 g/mol. The Hall–Kier alpha value is -1.49. The summed E-state index contributed by atoms with van der Waals surface area (Å²) >= 11 is 5.71. The van der Waals surface area contributed by atoms with Crippen LogP contribution in [0.25, 0.3) is 0 Å². The third-order valence-corrected chi connectivity index (χ3v) is 3.38. The average molecular weight is 297 g/mol. The highest BCUT2D eigenvalue weighted by atomic mass is 35.5. The number of benzene rings is 2. The van der Waals surface area contributed by atoms with Crippen LogP contribution in [0.1, 0.15) is 11.1 Å². The van der Waals surface area contributed by atoms with E-state index in [1.165, 1.54) is 12.1 Å². The van der Waals surface area contributed by atoms with Crippen LogP contribution in [-0.2, 0) is 12.8 Å². The van der Waals surface area contributed by atoms with E-state index in [0.29, 0.717) is 29.0 Å². The lowest BCUT2D eigenvalue weighted by atomic mass is 9.99. The van der Waals surface area contributed by atoms with E-state index in [9.17, 15) is 8.78 Å². The Kier molecular flexibility index (Phi) is 5.06. The van der Waals surface area contributed by atoms with Gasteiger partial charge in [-0.3, -0.25) is 11.3 Å². The molecule has 2 aromatic carbocycles. The monoisotopic (exact) mass is 296 g/mol. The van der Waals surface area contributed by atoms with Gasteiger partial charge in [-0.05, 0) is 42.2 Å². The Morgan fingerprint density at radius 2 is 1.65 bits per heavy atom. The number of hydrogen-bond acceptors (Lipinski definition) is 2. The number of hydrazine groups is 1. The number of hydrogen-bond donors (Lipinski definition) is 2. The Labute approximate surface area is 121 Å². The highest BCUT2D eigenvalue weighted by molar-refractivity contribution is 6.30. The maximum Gasteiger partial charge on any atom is 0.127 e. The van der Waals surface area contributed by atoms with Gasteiger partial charge < -0.3 is 0 Å². The first kappa shape index (κ1) is 14.9. The molecule has 20 heavy (non-hydrogen) atoms. The summed E-state index contributed by atoms with van der Waals surface area (Å²) in [7, 11) is 0. The van der Waals surface area contributed by atoms with Crippen LogP contribution in [-0.4, -0.2) is 6.04 Å². The minimum Gasteiger partial charge on any atom is -0.271 e. The molecule has 0 aliphatic heterocycles. The lowest BCUT2D eigenvalue weighted by Gasteiger charge is -2.17. The summed E-state index contributed by atoms with van der Waals surface area (Å²) in [4.78, 5) is 0. The predicted molar refractivity (Wildman–Crippen MR) is 76.3 cm³/mol. The fraction of sp³-hybridized carbons (Fsp3) is 0.200. The van der Waals surface area contributed by atoms with E-state index in [-0.39, 0.29) is 17.7 Å². The Bertz CT molecular complexity index is 590. The zero-order valence-electron chi connectivity index (χ0n) is 10.7. The van der Waals surface area contributed by atoms with Crippen molar-refractivity contribution in [2.24, 2.45) is 5.84 Å². The molecule has 3 N–H and O–H groups in total. The van der Waals surface area contributed by atoms with E-state index in [2.05, 4.69) is 5.43 Å². The molecule has 2 aromatic rings. The molecule has 1 unspecified atom stereocenters. The van der Waals surface area contributed by atoms with Crippen molar-refractivity contribution in [2.45, 2.75) is 18.9 Å². The minimum atomic E-state index is -0.383. The van der Waals surface area contributed by atoms with Crippen molar-refractivity contribution < 1.29 is 8.78 Å². The third-order valence-electron chi connectivity index (χ3n) is 3.14. The maximum atomic E-state index is 13.7. The van der Waals surface area contributed by atoms with Crippen LogP contribution in [0.3, 0.4) is 0 Å². The molecule has 0 amide bonds. The molecular formula is C15H15ClF2N2. The first-order valence-corrected chi connectivity index (χ1v) is 6.61. The van der Waals surface area contributed by atoms with Gasteiger partial charge in [-0.25, -0.2) is 8.78 Å². The fourth-order valence-electron chi connectivity index (χ4n) is 2.07. The molecule has 5 heteroatoms.